The van der Waals surface area contributed by atoms with E-state index in [9.17, 15) is 4.79 Å². The van der Waals surface area contributed by atoms with Crippen LogP contribution in [0.1, 0.15) is 35.2 Å². The highest BCUT2D eigenvalue weighted by molar-refractivity contribution is 6.14. The van der Waals surface area contributed by atoms with Gasteiger partial charge in [0.25, 0.3) is 0 Å². The summed E-state index contributed by atoms with van der Waals surface area (Å²) in [6.45, 7) is 4.14. The predicted octanol–water partition coefficient (Wildman–Crippen LogP) is 4.60. The van der Waals surface area contributed by atoms with Gasteiger partial charge in [0.15, 0.2) is 5.76 Å². The largest absolute Gasteiger partial charge is 0.496 e. The minimum atomic E-state index is -0.124. The number of rotatable bonds is 7. The van der Waals surface area contributed by atoms with Crippen LogP contribution >= 0.6 is 12.4 Å². The topological polar surface area (TPSA) is 48.0 Å². The maximum absolute atomic E-state index is 12.6. The highest BCUT2D eigenvalue weighted by Gasteiger charge is 2.28. The molecule has 2 aliphatic heterocycles. The molecule has 0 atom stereocenters. The number of hydrogen-bond donors (Lipinski definition) is 0. The van der Waals surface area contributed by atoms with Crippen molar-refractivity contribution >= 4 is 24.3 Å². The number of benzene rings is 2. The summed E-state index contributed by atoms with van der Waals surface area (Å²) in [5.41, 5.74) is 1.37. The second kappa shape index (κ2) is 9.81. The van der Waals surface area contributed by atoms with Gasteiger partial charge in [0.2, 0.25) is 5.78 Å². The van der Waals surface area contributed by atoms with E-state index in [0.29, 0.717) is 29.4 Å². The molecule has 154 valence electrons. The molecule has 2 aromatic rings. The molecule has 29 heavy (non-hydrogen) atoms. The Bertz CT molecular complexity index is 890. The lowest BCUT2D eigenvalue weighted by Gasteiger charge is -2.14. The van der Waals surface area contributed by atoms with Crippen LogP contribution in [-0.2, 0) is 0 Å². The molecular weight excluding hydrogens is 390 g/mol. The van der Waals surface area contributed by atoms with Crippen LogP contribution in [0.3, 0.4) is 0 Å². The Kier molecular flexibility index (Phi) is 7.18. The zero-order valence-corrected chi connectivity index (χ0v) is 17.4. The lowest BCUT2D eigenvalue weighted by atomic mass is 10.1. The van der Waals surface area contributed by atoms with Crippen molar-refractivity contribution in [1.29, 1.82) is 0 Å². The molecule has 2 heterocycles. The standard InChI is InChI=1S/C23H25NO4.ClH/c1-26-20-8-3-2-7-17(20)15-22-23(25)19-10-9-18(16-21(19)28-22)27-14-6-13-24-11-4-5-12-24;/h2-3,7-10,15-16H,4-6,11-14H2,1H3;1H/b22-15-;. The van der Waals surface area contributed by atoms with E-state index >= 15 is 0 Å². The van der Waals surface area contributed by atoms with Gasteiger partial charge in [0, 0.05) is 18.2 Å². The molecule has 4 rings (SSSR count). The second-order valence-electron chi connectivity index (χ2n) is 7.09. The number of hydrogen-bond acceptors (Lipinski definition) is 5. The Morgan fingerprint density at radius 3 is 2.72 bits per heavy atom. The van der Waals surface area contributed by atoms with Crippen molar-refractivity contribution in [3.05, 3.63) is 59.4 Å². The maximum Gasteiger partial charge on any atom is 0.231 e. The normalized spacial score (nSPS) is 17.0. The molecule has 2 aliphatic rings. The first-order chi connectivity index (χ1) is 13.7. The fraction of sp³-hybridized carbons (Fsp3) is 0.348. The minimum Gasteiger partial charge on any atom is -0.496 e. The number of carbonyl (C=O) groups excluding carboxylic acids is 1. The van der Waals surface area contributed by atoms with Crippen LogP contribution in [0.15, 0.2) is 48.2 Å². The fourth-order valence-corrected chi connectivity index (χ4v) is 3.67. The van der Waals surface area contributed by atoms with Crippen molar-refractivity contribution < 1.29 is 19.0 Å². The van der Waals surface area contributed by atoms with Crippen molar-refractivity contribution in [2.45, 2.75) is 19.3 Å². The molecule has 0 bridgehead atoms. The number of para-hydroxylation sites is 1. The summed E-state index contributed by atoms with van der Waals surface area (Å²) in [5.74, 6) is 2.14. The highest BCUT2D eigenvalue weighted by Crippen LogP contribution is 2.35. The average Bonchev–Trinajstić information content (AvgIpc) is 3.34. The molecule has 2 aromatic carbocycles. The third-order valence-corrected chi connectivity index (χ3v) is 5.15. The van der Waals surface area contributed by atoms with Crippen LogP contribution in [-0.4, -0.2) is 44.0 Å². The zero-order chi connectivity index (χ0) is 19.3. The second-order valence-corrected chi connectivity index (χ2v) is 7.09. The fourth-order valence-electron chi connectivity index (χ4n) is 3.67. The van der Waals surface area contributed by atoms with E-state index in [1.54, 1.807) is 25.3 Å². The number of Topliss-reactive ketones (excluding diaryl/α,β-unsaturated/α-hetero) is 1. The molecule has 0 aromatic heterocycles. The highest BCUT2D eigenvalue weighted by atomic mass is 35.5. The molecular formula is C23H26ClNO4. The zero-order valence-electron chi connectivity index (χ0n) is 16.6. The summed E-state index contributed by atoms with van der Waals surface area (Å²) < 4.78 is 17.0. The van der Waals surface area contributed by atoms with Gasteiger partial charge in [-0.05, 0) is 56.6 Å². The van der Waals surface area contributed by atoms with Gasteiger partial charge in [-0.1, -0.05) is 18.2 Å². The molecule has 0 saturated carbocycles. The third-order valence-electron chi connectivity index (χ3n) is 5.15. The van der Waals surface area contributed by atoms with Gasteiger partial charge in [-0.15, -0.1) is 12.4 Å². The van der Waals surface area contributed by atoms with E-state index in [2.05, 4.69) is 4.90 Å². The van der Waals surface area contributed by atoms with E-state index in [4.69, 9.17) is 14.2 Å². The molecule has 0 amide bonds. The lowest BCUT2D eigenvalue weighted by molar-refractivity contribution is 0.101. The van der Waals surface area contributed by atoms with Crippen molar-refractivity contribution in [2.24, 2.45) is 0 Å². The van der Waals surface area contributed by atoms with Crippen LogP contribution in [0.5, 0.6) is 17.2 Å². The van der Waals surface area contributed by atoms with Crippen LogP contribution in [0, 0.1) is 0 Å². The summed E-state index contributed by atoms with van der Waals surface area (Å²) >= 11 is 0. The smallest absolute Gasteiger partial charge is 0.231 e. The van der Waals surface area contributed by atoms with Gasteiger partial charge in [-0.2, -0.15) is 0 Å². The van der Waals surface area contributed by atoms with Gasteiger partial charge in [-0.3, -0.25) is 4.79 Å². The van der Waals surface area contributed by atoms with Gasteiger partial charge < -0.3 is 19.1 Å². The first kappa shape index (κ1) is 21.2. The SMILES string of the molecule is COc1ccccc1/C=C1\Oc2cc(OCCCN3CCCC3)ccc2C1=O.Cl. The van der Waals surface area contributed by atoms with E-state index in [1.165, 1.54) is 25.9 Å². The number of halogens is 1. The van der Waals surface area contributed by atoms with Crippen LogP contribution < -0.4 is 14.2 Å². The Balaban J connectivity index is 0.00000240. The van der Waals surface area contributed by atoms with Crippen LogP contribution in [0.25, 0.3) is 6.08 Å². The number of ether oxygens (including phenoxy) is 3. The number of methoxy groups -OCH3 is 1. The Hall–Kier alpha value is -2.50. The van der Waals surface area contributed by atoms with E-state index in [0.717, 1.165) is 24.3 Å². The van der Waals surface area contributed by atoms with Crippen molar-refractivity contribution in [3.63, 3.8) is 0 Å². The number of allylic oxidation sites excluding steroid dienone is 1. The summed E-state index contributed by atoms with van der Waals surface area (Å²) in [6.07, 6.45) is 5.33. The summed E-state index contributed by atoms with van der Waals surface area (Å²) in [7, 11) is 1.61. The number of nitrogens with zero attached hydrogens (tertiary/aromatic N) is 1. The Labute approximate surface area is 177 Å². The molecule has 0 unspecified atom stereocenters. The first-order valence-corrected chi connectivity index (χ1v) is 9.81. The summed E-state index contributed by atoms with van der Waals surface area (Å²) in [6, 6.07) is 12.9. The van der Waals surface area contributed by atoms with Gasteiger partial charge >= 0.3 is 0 Å². The molecule has 0 aliphatic carbocycles. The van der Waals surface area contributed by atoms with E-state index in [1.807, 2.05) is 30.3 Å². The average molecular weight is 416 g/mol. The van der Waals surface area contributed by atoms with Crippen LogP contribution in [0.4, 0.5) is 0 Å². The number of likely N-dealkylation sites (tertiary alicyclic amines) is 1. The molecule has 0 radical (unpaired) electrons. The third kappa shape index (κ3) is 4.92. The first-order valence-electron chi connectivity index (χ1n) is 9.81. The predicted molar refractivity (Wildman–Crippen MR) is 115 cm³/mol. The molecule has 1 fully saturated rings. The lowest BCUT2D eigenvalue weighted by Crippen LogP contribution is -2.21. The van der Waals surface area contributed by atoms with Crippen molar-refractivity contribution in [3.8, 4) is 17.2 Å². The number of ketones is 1. The molecule has 6 heteroatoms. The molecule has 0 N–H and O–H groups in total. The quantitative estimate of drug-likeness (QED) is 0.488. The van der Waals surface area contributed by atoms with Gasteiger partial charge in [-0.25, -0.2) is 0 Å². The summed E-state index contributed by atoms with van der Waals surface area (Å²) in [5, 5.41) is 0. The van der Waals surface area contributed by atoms with Crippen molar-refractivity contribution in [1.82, 2.24) is 4.90 Å². The number of fused-ring (bicyclic) bond motifs is 1. The van der Waals surface area contributed by atoms with Gasteiger partial charge in [0.05, 0.1) is 19.3 Å². The van der Waals surface area contributed by atoms with E-state index in [-0.39, 0.29) is 18.2 Å². The minimum absolute atomic E-state index is 0. The van der Waals surface area contributed by atoms with Gasteiger partial charge in [0.1, 0.15) is 17.2 Å². The monoisotopic (exact) mass is 415 g/mol. The Morgan fingerprint density at radius 2 is 1.93 bits per heavy atom. The van der Waals surface area contributed by atoms with E-state index < -0.39 is 0 Å². The number of carbonyl (C=O) groups is 1. The molecule has 0 spiro atoms. The molecule has 1 saturated heterocycles. The van der Waals surface area contributed by atoms with Crippen LogP contribution in [0.2, 0.25) is 0 Å². The molecule has 5 nitrogen and oxygen atoms in total. The maximum atomic E-state index is 12.6. The van der Waals surface area contributed by atoms with Crippen molar-refractivity contribution in [2.75, 3.05) is 33.4 Å². The Morgan fingerprint density at radius 1 is 1.14 bits per heavy atom. The summed E-state index contributed by atoms with van der Waals surface area (Å²) in [4.78, 5) is 15.1.